The Morgan fingerprint density at radius 1 is 1.17 bits per heavy atom. The largest absolute Gasteiger partial charge is 0.126 e. The summed E-state index contributed by atoms with van der Waals surface area (Å²) in [4.78, 5) is 0. The smallest absolute Gasteiger partial charge is 0.0288 e. The van der Waals surface area contributed by atoms with E-state index in [1.54, 1.807) is 0 Å². The van der Waals surface area contributed by atoms with Gasteiger partial charge < -0.3 is 0 Å². The Morgan fingerprint density at radius 3 is 2.08 bits per heavy atom. The predicted molar refractivity (Wildman–Crippen MR) is 56.1 cm³/mol. The van der Waals surface area contributed by atoms with Crippen molar-refractivity contribution >= 4 is 23.2 Å². The van der Waals surface area contributed by atoms with Gasteiger partial charge in [0.15, 0.2) is 0 Å². The highest BCUT2D eigenvalue weighted by molar-refractivity contribution is 6.21. The van der Waals surface area contributed by atoms with Crippen LogP contribution in [0.3, 0.4) is 0 Å². The first kappa shape index (κ1) is 10.7. The van der Waals surface area contributed by atoms with Crippen molar-refractivity contribution in [2.24, 2.45) is 11.3 Å². The summed E-state index contributed by atoms with van der Waals surface area (Å²) in [5.74, 6) is 2.30. The minimum atomic E-state index is 0.179. The van der Waals surface area contributed by atoms with Gasteiger partial charge in [0.25, 0.3) is 0 Å². The van der Waals surface area contributed by atoms with Gasteiger partial charge in [-0.2, -0.15) is 0 Å². The number of hydrogen-bond donors (Lipinski definition) is 0. The van der Waals surface area contributed by atoms with Crippen LogP contribution in [0.5, 0.6) is 0 Å². The molecule has 2 heteroatoms. The normalized spacial score (nSPS) is 20.2. The van der Waals surface area contributed by atoms with Gasteiger partial charge in [0, 0.05) is 11.8 Å². The van der Waals surface area contributed by atoms with E-state index in [2.05, 4.69) is 6.92 Å². The zero-order valence-electron chi connectivity index (χ0n) is 7.78. The molecule has 0 aromatic heterocycles. The molecule has 0 N–H and O–H groups in total. The van der Waals surface area contributed by atoms with Gasteiger partial charge >= 0.3 is 0 Å². The van der Waals surface area contributed by atoms with Crippen LogP contribution in [0.15, 0.2) is 0 Å². The molecule has 0 bridgehead atoms. The summed E-state index contributed by atoms with van der Waals surface area (Å²) >= 11 is 11.8. The second-order valence-electron chi connectivity index (χ2n) is 4.43. The Hall–Kier alpha value is 0.580. The Morgan fingerprint density at radius 2 is 1.67 bits per heavy atom. The average molecular weight is 209 g/mol. The highest BCUT2D eigenvalue weighted by atomic mass is 35.5. The minimum absolute atomic E-state index is 0.179. The number of hydrogen-bond acceptors (Lipinski definition) is 0. The van der Waals surface area contributed by atoms with E-state index in [1.807, 2.05) is 0 Å². The summed E-state index contributed by atoms with van der Waals surface area (Å²) < 4.78 is 0. The lowest BCUT2D eigenvalue weighted by Crippen LogP contribution is -2.23. The fourth-order valence-electron chi connectivity index (χ4n) is 2.06. The van der Waals surface area contributed by atoms with E-state index in [4.69, 9.17) is 23.2 Å². The van der Waals surface area contributed by atoms with Crippen LogP contribution in [0.2, 0.25) is 0 Å². The van der Waals surface area contributed by atoms with E-state index in [1.165, 1.54) is 32.1 Å². The molecule has 1 rings (SSSR count). The predicted octanol–water partition coefficient (Wildman–Crippen LogP) is 4.05. The molecular weight excluding hydrogens is 191 g/mol. The third kappa shape index (κ3) is 2.81. The molecule has 0 heterocycles. The molecule has 0 aromatic rings. The SMILES string of the molecule is CC(CCl)(CCl)CC1CCCC1. The molecule has 0 nitrogen and oxygen atoms in total. The first-order valence-electron chi connectivity index (χ1n) is 4.82. The highest BCUT2D eigenvalue weighted by Gasteiger charge is 2.28. The van der Waals surface area contributed by atoms with Crippen molar-refractivity contribution in [1.82, 2.24) is 0 Å². The monoisotopic (exact) mass is 208 g/mol. The summed E-state index contributed by atoms with van der Waals surface area (Å²) in [6.45, 7) is 2.20. The van der Waals surface area contributed by atoms with Crippen LogP contribution in [0.4, 0.5) is 0 Å². The van der Waals surface area contributed by atoms with E-state index in [0.717, 1.165) is 5.92 Å². The van der Waals surface area contributed by atoms with Crippen molar-refractivity contribution in [2.75, 3.05) is 11.8 Å². The highest BCUT2D eigenvalue weighted by Crippen LogP contribution is 2.37. The molecule has 1 aliphatic rings. The second kappa shape index (κ2) is 4.72. The van der Waals surface area contributed by atoms with E-state index in [9.17, 15) is 0 Å². The van der Waals surface area contributed by atoms with Gasteiger partial charge in [-0.3, -0.25) is 0 Å². The lowest BCUT2D eigenvalue weighted by Gasteiger charge is -2.27. The quantitative estimate of drug-likeness (QED) is 0.612. The van der Waals surface area contributed by atoms with Crippen LogP contribution in [0, 0.1) is 11.3 Å². The number of rotatable bonds is 4. The molecular formula is C10H18Cl2. The summed E-state index contributed by atoms with van der Waals surface area (Å²) in [7, 11) is 0. The van der Waals surface area contributed by atoms with Crippen LogP contribution in [0.1, 0.15) is 39.0 Å². The maximum absolute atomic E-state index is 5.90. The summed E-state index contributed by atoms with van der Waals surface area (Å²) in [5, 5.41) is 0. The van der Waals surface area contributed by atoms with Gasteiger partial charge in [0.2, 0.25) is 0 Å². The zero-order chi connectivity index (χ0) is 9.03. The van der Waals surface area contributed by atoms with Gasteiger partial charge in [0.05, 0.1) is 0 Å². The summed E-state index contributed by atoms with van der Waals surface area (Å²) in [6, 6.07) is 0. The van der Waals surface area contributed by atoms with Crippen LogP contribution < -0.4 is 0 Å². The van der Waals surface area contributed by atoms with Gasteiger partial charge in [-0.05, 0) is 17.8 Å². The molecule has 0 atom stereocenters. The van der Waals surface area contributed by atoms with Gasteiger partial charge in [-0.15, -0.1) is 23.2 Å². The molecule has 0 amide bonds. The maximum Gasteiger partial charge on any atom is 0.0288 e. The summed E-state index contributed by atoms with van der Waals surface area (Å²) in [6.07, 6.45) is 6.82. The zero-order valence-corrected chi connectivity index (χ0v) is 9.29. The third-order valence-electron chi connectivity index (χ3n) is 2.90. The van der Waals surface area contributed by atoms with E-state index < -0.39 is 0 Å². The molecule has 1 saturated carbocycles. The molecule has 1 aliphatic carbocycles. The van der Waals surface area contributed by atoms with Crippen molar-refractivity contribution in [3.8, 4) is 0 Å². The van der Waals surface area contributed by atoms with Crippen LogP contribution >= 0.6 is 23.2 Å². The van der Waals surface area contributed by atoms with Gasteiger partial charge in [-0.25, -0.2) is 0 Å². The Labute approximate surface area is 85.6 Å². The fraction of sp³-hybridized carbons (Fsp3) is 1.00. The van der Waals surface area contributed by atoms with Crippen molar-refractivity contribution in [3.05, 3.63) is 0 Å². The average Bonchev–Trinajstić information content (AvgIpc) is 2.57. The minimum Gasteiger partial charge on any atom is -0.126 e. The number of alkyl halides is 2. The van der Waals surface area contributed by atoms with Crippen molar-refractivity contribution in [3.63, 3.8) is 0 Å². The molecule has 0 unspecified atom stereocenters. The van der Waals surface area contributed by atoms with E-state index >= 15 is 0 Å². The first-order valence-corrected chi connectivity index (χ1v) is 5.89. The Kier molecular flexibility index (Phi) is 4.19. The standard InChI is InChI=1S/C10H18Cl2/c1-10(7-11,8-12)6-9-4-2-3-5-9/h9H,2-8H2,1H3. The van der Waals surface area contributed by atoms with Crippen LogP contribution in [0.25, 0.3) is 0 Å². The third-order valence-corrected chi connectivity index (χ3v) is 4.19. The van der Waals surface area contributed by atoms with Crippen molar-refractivity contribution in [2.45, 2.75) is 39.0 Å². The lowest BCUT2D eigenvalue weighted by atomic mass is 9.83. The van der Waals surface area contributed by atoms with Crippen LogP contribution in [-0.2, 0) is 0 Å². The van der Waals surface area contributed by atoms with E-state index in [0.29, 0.717) is 11.8 Å². The maximum atomic E-state index is 5.90. The van der Waals surface area contributed by atoms with Crippen molar-refractivity contribution in [1.29, 1.82) is 0 Å². The molecule has 0 aliphatic heterocycles. The molecule has 0 radical (unpaired) electrons. The molecule has 0 saturated heterocycles. The van der Waals surface area contributed by atoms with Gasteiger partial charge in [-0.1, -0.05) is 32.6 Å². The topological polar surface area (TPSA) is 0 Å². The lowest BCUT2D eigenvalue weighted by molar-refractivity contribution is 0.306. The molecule has 12 heavy (non-hydrogen) atoms. The Balaban J connectivity index is 2.35. The van der Waals surface area contributed by atoms with Gasteiger partial charge in [0.1, 0.15) is 0 Å². The first-order chi connectivity index (χ1) is 5.70. The number of halogens is 2. The molecule has 0 spiro atoms. The Bertz CT molecular complexity index is 124. The van der Waals surface area contributed by atoms with E-state index in [-0.39, 0.29) is 5.41 Å². The van der Waals surface area contributed by atoms with Crippen molar-refractivity contribution < 1.29 is 0 Å². The second-order valence-corrected chi connectivity index (χ2v) is 4.97. The van der Waals surface area contributed by atoms with Crippen LogP contribution in [-0.4, -0.2) is 11.8 Å². The summed E-state index contributed by atoms with van der Waals surface area (Å²) in [5.41, 5.74) is 0.179. The molecule has 0 aromatic carbocycles. The molecule has 72 valence electrons. The fourth-order valence-corrected chi connectivity index (χ4v) is 2.56. The molecule has 1 fully saturated rings.